The minimum Gasteiger partial charge on any atom is -0.329 e. The largest absolute Gasteiger partial charge is 0.329 e. The summed E-state index contributed by atoms with van der Waals surface area (Å²) in [6.07, 6.45) is 4.10. The molecule has 1 atom stereocenters. The number of pyridine rings is 1. The summed E-state index contributed by atoms with van der Waals surface area (Å²) in [5, 5.41) is 0. The molecule has 1 unspecified atom stereocenters. The van der Waals surface area contributed by atoms with E-state index in [4.69, 9.17) is 5.73 Å². The fourth-order valence-corrected chi connectivity index (χ4v) is 3.40. The van der Waals surface area contributed by atoms with Crippen LogP contribution in [0.1, 0.15) is 12.8 Å². The van der Waals surface area contributed by atoms with Gasteiger partial charge in [0.15, 0.2) is 0 Å². The number of nitrogens with zero attached hydrogens (tertiary/aromatic N) is 2. The van der Waals surface area contributed by atoms with Crippen molar-refractivity contribution in [2.75, 3.05) is 13.6 Å². The molecule has 108 valence electrons. The molecule has 1 aliphatic carbocycles. The van der Waals surface area contributed by atoms with Gasteiger partial charge in [-0.15, -0.1) is 12.4 Å². The van der Waals surface area contributed by atoms with Crippen LogP contribution < -0.4 is 5.73 Å². The second kappa shape index (κ2) is 6.13. The van der Waals surface area contributed by atoms with Gasteiger partial charge in [-0.05, 0) is 24.8 Å². The van der Waals surface area contributed by atoms with E-state index in [1.165, 1.54) is 11.4 Å². The molecule has 0 aromatic carbocycles. The molecule has 0 saturated heterocycles. The standard InChI is InChI=1S/C11H16FN3O2S.ClH/c1-15(11(5-13)8-2-3-8)18(16,17)10-4-9(12)6-14-7-10;/h4,6-8,11H,2-3,5,13H2,1H3;1H. The molecule has 2 rings (SSSR count). The molecule has 1 fully saturated rings. The highest BCUT2D eigenvalue weighted by molar-refractivity contribution is 7.89. The van der Waals surface area contributed by atoms with Gasteiger partial charge in [0.2, 0.25) is 10.0 Å². The van der Waals surface area contributed by atoms with E-state index in [0.717, 1.165) is 31.3 Å². The van der Waals surface area contributed by atoms with Crippen molar-refractivity contribution in [3.05, 3.63) is 24.3 Å². The number of sulfonamides is 1. The molecule has 0 amide bonds. The van der Waals surface area contributed by atoms with Gasteiger partial charge in [0.1, 0.15) is 10.7 Å². The first-order chi connectivity index (χ1) is 8.46. The first kappa shape index (κ1) is 16.3. The summed E-state index contributed by atoms with van der Waals surface area (Å²) < 4.78 is 38.8. The Bertz CT molecular complexity index is 536. The highest BCUT2D eigenvalue weighted by Crippen LogP contribution is 2.36. The van der Waals surface area contributed by atoms with Crippen LogP contribution in [0.25, 0.3) is 0 Å². The lowest BCUT2D eigenvalue weighted by Crippen LogP contribution is -2.43. The number of aromatic nitrogens is 1. The van der Waals surface area contributed by atoms with Crippen molar-refractivity contribution in [3.63, 3.8) is 0 Å². The maximum atomic E-state index is 13.0. The Morgan fingerprint density at radius 1 is 1.53 bits per heavy atom. The number of rotatable bonds is 5. The van der Waals surface area contributed by atoms with Gasteiger partial charge in [0.05, 0.1) is 6.20 Å². The maximum absolute atomic E-state index is 13.0. The van der Waals surface area contributed by atoms with Crippen molar-refractivity contribution < 1.29 is 12.8 Å². The van der Waals surface area contributed by atoms with Gasteiger partial charge < -0.3 is 5.73 Å². The molecular formula is C11H17ClFN3O2S. The lowest BCUT2D eigenvalue weighted by atomic mass is 10.2. The highest BCUT2D eigenvalue weighted by atomic mass is 35.5. The van der Waals surface area contributed by atoms with Gasteiger partial charge in [0, 0.05) is 25.8 Å². The van der Waals surface area contributed by atoms with E-state index >= 15 is 0 Å². The second-order valence-corrected chi connectivity index (χ2v) is 6.50. The Morgan fingerprint density at radius 2 is 2.16 bits per heavy atom. The average Bonchev–Trinajstić information content (AvgIpc) is 3.14. The first-order valence-electron chi connectivity index (χ1n) is 5.75. The van der Waals surface area contributed by atoms with E-state index in [1.54, 1.807) is 0 Å². The van der Waals surface area contributed by atoms with Gasteiger partial charge in [-0.2, -0.15) is 4.31 Å². The Morgan fingerprint density at radius 3 is 2.63 bits per heavy atom. The van der Waals surface area contributed by atoms with E-state index in [0.29, 0.717) is 5.92 Å². The lowest BCUT2D eigenvalue weighted by Gasteiger charge is -2.26. The van der Waals surface area contributed by atoms with Gasteiger partial charge in [0.25, 0.3) is 0 Å². The smallest absolute Gasteiger partial charge is 0.244 e. The molecule has 1 aromatic rings. The zero-order chi connectivity index (χ0) is 13.3. The van der Waals surface area contributed by atoms with Crippen LogP contribution in [0.3, 0.4) is 0 Å². The fourth-order valence-electron chi connectivity index (χ4n) is 2.00. The van der Waals surface area contributed by atoms with Crippen LogP contribution in [0.4, 0.5) is 4.39 Å². The van der Waals surface area contributed by atoms with Crippen LogP contribution in [0.5, 0.6) is 0 Å². The van der Waals surface area contributed by atoms with Crippen LogP contribution in [0.2, 0.25) is 0 Å². The predicted molar refractivity (Wildman–Crippen MR) is 72.0 cm³/mol. The lowest BCUT2D eigenvalue weighted by molar-refractivity contribution is 0.340. The first-order valence-corrected chi connectivity index (χ1v) is 7.19. The van der Waals surface area contributed by atoms with E-state index in [1.807, 2.05) is 0 Å². The summed E-state index contributed by atoms with van der Waals surface area (Å²) in [5.74, 6) is -0.350. The van der Waals surface area contributed by atoms with E-state index in [9.17, 15) is 12.8 Å². The molecule has 1 heterocycles. The second-order valence-electron chi connectivity index (χ2n) is 4.50. The zero-order valence-electron chi connectivity index (χ0n) is 10.5. The summed E-state index contributed by atoms with van der Waals surface area (Å²) in [4.78, 5) is 3.43. The Balaban J connectivity index is 0.00000180. The predicted octanol–water partition coefficient (Wildman–Crippen LogP) is 1.00. The molecule has 0 bridgehead atoms. The van der Waals surface area contributed by atoms with Crippen LogP contribution in [0, 0.1) is 11.7 Å². The van der Waals surface area contributed by atoms with E-state index in [2.05, 4.69) is 4.98 Å². The van der Waals surface area contributed by atoms with Crippen molar-refractivity contribution in [1.29, 1.82) is 0 Å². The molecule has 5 nitrogen and oxygen atoms in total. The normalized spacial score (nSPS) is 17.1. The van der Waals surface area contributed by atoms with Gasteiger partial charge >= 0.3 is 0 Å². The third-order valence-electron chi connectivity index (χ3n) is 3.23. The van der Waals surface area contributed by atoms with Crippen molar-refractivity contribution in [3.8, 4) is 0 Å². The molecule has 1 aromatic heterocycles. The Labute approximate surface area is 118 Å². The summed E-state index contributed by atoms with van der Waals surface area (Å²) in [7, 11) is -2.24. The number of hydrogen-bond donors (Lipinski definition) is 1. The van der Waals surface area contributed by atoms with E-state index < -0.39 is 15.8 Å². The molecule has 0 aliphatic heterocycles. The third-order valence-corrected chi connectivity index (χ3v) is 5.08. The average molecular weight is 310 g/mol. The fraction of sp³-hybridized carbons (Fsp3) is 0.545. The molecule has 1 saturated carbocycles. The topological polar surface area (TPSA) is 76.3 Å². The quantitative estimate of drug-likeness (QED) is 0.880. The summed E-state index contributed by atoms with van der Waals surface area (Å²) in [5.41, 5.74) is 5.62. The van der Waals surface area contributed by atoms with Crippen LogP contribution in [-0.2, 0) is 10.0 Å². The third kappa shape index (κ3) is 3.42. The number of hydrogen-bond acceptors (Lipinski definition) is 4. The summed E-state index contributed by atoms with van der Waals surface area (Å²) >= 11 is 0. The number of nitrogens with two attached hydrogens (primary N) is 1. The van der Waals surface area contributed by atoms with Crippen LogP contribution in [0.15, 0.2) is 23.4 Å². The molecule has 0 spiro atoms. The SMILES string of the molecule is CN(C(CN)C1CC1)S(=O)(=O)c1cncc(F)c1.Cl. The maximum Gasteiger partial charge on any atom is 0.244 e. The molecular weight excluding hydrogens is 293 g/mol. The minimum atomic E-state index is -3.73. The summed E-state index contributed by atoms with van der Waals surface area (Å²) in [6, 6.07) is 0.748. The zero-order valence-corrected chi connectivity index (χ0v) is 12.1. The Hall–Kier alpha value is -0.760. The highest BCUT2D eigenvalue weighted by Gasteiger charge is 2.38. The van der Waals surface area contributed by atoms with Crippen molar-refractivity contribution >= 4 is 22.4 Å². The van der Waals surface area contributed by atoms with Gasteiger partial charge in [-0.3, -0.25) is 4.98 Å². The molecule has 2 N–H and O–H groups in total. The van der Waals surface area contributed by atoms with E-state index in [-0.39, 0.29) is 29.9 Å². The molecule has 0 radical (unpaired) electrons. The Kier molecular flexibility index (Phi) is 5.26. The van der Waals surface area contributed by atoms with Gasteiger partial charge in [-0.1, -0.05) is 0 Å². The van der Waals surface area contributed by atoms with Crippen molar-refractivity contribution in [1.82, 2.24) is 9.29 Å². The minimum absolute atomic E-state index is 0. The molecule has 8 heteroatoms. The van der Waals surface area contributed by atoms with Crippen molar-refractivity contribution in [2.45, 2.75) is 23.8 Å². The van der Waals surface area contributed by atoms with Gasteiger partial charge in [-0.25, -0.2) is 12.8 Å². The van der Waals surface area contributed by atoms with Crippen LogP contribution in [-0.4, -0.2) is 37.3 Å². The van der Waals surface area contributed by atoms with Crippen molar-refractivity contribution in [2.24, 2.45) is 11.7 Å². The number of halogens is 2. The molecule has 19 heavy (non-hydrogen) atoms. The molecule has 1 aliphatic rings. The monoisotopic (exact) mass is 309 g/mol. The van der Waals surface area contributed by atoms with Crippen LogP contribution >= 0.6 is 12.4 Å². The number of likely N-dealkylation sites (N-methyl/N-ethyl adjacent to an activating group) is 1. The summed E-state index contributed by atoms with van der Waals surface area (Å²) in [6.45, 7) is 0.267.